The molecule has 9 nitrogen and oxygen atoms in total. The lowest BCUT2D eigenvalue weighted by molar-refractivity contribution is -0.122. The number of hydrogen-bond acceptors (Lipinski definition) is 9. The predicted octanol–water partition coefficient (Wildman–Crippen LogP) is -2.18. The summed E-state index contributed by atoms with van der Waals surface area (Å²) in [6.45, 7) is 2.00. The number of anilines is 3. The van der Waals surface area contributed by atoms with Gasteiger partial charge >= 0.3 is 0 Å². The molecule has 0 spiro atoms. The van der Waals surface area contributed by atoms with Gasteiger partial charge in [-0.2, -0.15) is 15.0 Å². The van der Waals surface area contributed by atoms with Crippen LogP contribution in [-0.4, -0.2) is 34.3 Å². The molecule has 0 bridgehead atoms. The monoisotopic (exact) mass is 214 g/mol. The van der Waals surface area contributed by atoms with Crippen molar-refractivity contribution in [3.63, 3.8) is 0 Å². The van der Waals surface area contributed by atoms with Gasteiger partial charge in [0.1, 0.15) is 6.79 Å². The standard InChI is InChI=1S/C3H6N6.C2H2O2.CH2O/c4-1-7-2(5)9-3(6)8-1;3-1-2-4;1-2/h(H6,4,5,6,7,8,9);1-2H;1H2. The van der Waals surface area contributed by atoms with Crippen molar-refractivity contribution < 1.29 is 14.4 Å². The third-order valence-corrected chi connectivity index (χ3v) is 0.743. The van der Waals surface area contributed by atoms with Gasteiger partial charge in [0, 0.05) is 0 Å². The van der Waals surface area contributed by atoms with Crippen molar-refractivity contribution in [1.82, 2.24) is 15.0 Å². The highest BCUT2D eigenvalue weighted by Gasteiger charge is 1.93. The minimum Gasteiger partial charge on any atom is -0.368 e. The van der Waals surface area contributed by atoms with Crippen LogP contribution >= 0.6 is 0 Å². The van der Waals surface area contributed by atoms with E-state index in [4.69, 9.17) is 31.6 Å². The summed E-state index contributed by atoms with van der Waals surface area (Å²) in [6, 6.07) is 0. The van der Waals surface area contributed by atoms with Crippen LogP contribution in [-0.2, 0) is 14.4 Å². The van der Waals surface area contributed by atoms with Crippen LogP contribution in [0.25, 0.3) is 0 Å². The highest BCUT2D eigenvalue weighted by Crippen LogP contribution is 1.97. The zero-order chi connectivity index (χ0) is 12.3. The molecule has 82 valence electrons. The summed E-state index contributed by atoms with van der Waals surface area (Å²) in [4.78, 5) is 36.1. The summed E-state index contributed by atoms with van der Waals surface area (Å²) in [7, 11) is 0. The molecule has 0 aliphatic rings. The van der Waals surface area contributed by atoms with Crippen molar-refractivity contribution >= 4 is 37.2 Å². The number of hydrogen-bond donors (Lipinski definition) is 3. The fourth-order valence-electron chi connectivity index (χ4n) is 0.427. The molecule has 0 aliphatic heterocycles. The second-order valence-corrected chi connectivity index (χ2v) is 1.68. The van der Waals surface area contributed by atoms with Gasteiger partial charge in [0.05, 0.1) is 0 Å². The van der Waals surface area contributed by atoms with E-state index in [1.165, 1.54) is 0 Å². The predicted molar refractivity (Wildman–Crippen MR) is 52.3 cm³/mol. The van der Waals surface area contributed by atoms with Gasteiger partial charge in [-0.25, -0.2) is 0 Å². The van der Waals surface area contributed by atoms with Crippen LogP contribution in [0.4, 0.5) is 17.8 Å². The maximum Gasteiger partial charge on any atom is 0.226 e. The Balaban J connectivity index is 0. The second kappa shape index (κ2) is 9.51. The maximum atomic E-state index is 8.81. The number of carbonyl (C=O) groups is 3. The largest absolute Gasteiger partial charge is 0.368 e. The summed E-state index contributed by atoms with van der Waals surface area (Å²) in [6.07, 6.45) is 0.389. The fourth-order valence-corrected chi connectivity index (χ4v) is 0.427. The normalized spacial score (nSPS) is 7.20. The SMILES string of the molecule is C=O.Nc1nc(N)nc(N)n1.O=CC=O. The minimum absolute atomic E-state index is 0.0417. The lowest BCUT2D eigenvalue weighted by Gasteiger charge is -1.93. The Hall–Kier alpha value is -2.58. The molecule has 1 rings (SSSR count). The van der Waals surface area contributed by atoms with E-state index in [0.29, 0.717) is 0 Å². The Morgan fingerprint density at radius 1 is 0.800 bits per heavy atom. The first-order chi connectivity index (χ1) is 7.10. The van der Waals surface area contributed by atoms with Crippen molar-refractivity contribution in [3.05, 3.63) is 0 Å². The van der Waals surface area contributed by atoms with E-state index >= 15 is 0 Å². The number of rotatable bonds is 1. The van der Waals surface area contributed by atoms with Gasteiger partial charge in [0.25, 0.3) is 0 Å². The number of nitrogens with zero attached hydrogens (tertiary/aromatic N) is 3. The number of aldehydes is 2. The lowest BCUT2D eigenvalue weighted by atomic mass is 10.9. The van der Waals surface area contributed by atoms with Crippen LogP contribution in [0.1, 0.15) is 0 Å². The fraction of sp³-hybridized carbons (Fsp3) is 0. The minimum atomic E-state index is 0.0417. The van der Waals surface area contributed by atoms with E-state index in [9.17, 15) is 0 Å². The van der Waals surface area contributed by atoms with Crippen LogP contribution in [0.2, 0.25) is 0 Å². The molecule has 0 amide bonds. The summed E-state index contributed by atoms with van der Waals surface area (Å²) in [5.41, 5.74) is 15.4. The molecule has 1 aromatic heterocycles. The molecule has 0 aliphatic carbocycles. The van der Waals surface area contributed by atoms with Crippen LogP contribution in [0.3, 0.4) is 0 Å². The number of carbonyl (C=O) groups excluding carboxylic acids is 3. The first kappa shape index (κ1) is 14.9. The van der Waals surface area contributed by atoms with Crippen molar-refractivity contribution in [3.8, 4) is 0 Å². The van der Waals surface area contributed by atoms with Gasteiger partial charge < -0.3 is 22.0 Å². The third kappa shape index (κ3) is 9.33. The Morgan fingerprint density at radius 2 is 1.00 bits per heavy atom. The molecule has 15 heavy (non-hydrogen) atoms. The molecule has 0 unspecified atom stereocenters. The maximum absolute atomic E-state index is 8.81. The molecule has 0 radical (unpaired) electrons. The summed E-state index contributed by atoms with van der Waals surface area (Å²) >= 11 is 0. The molecule has 9 heteroatoms. The Kier molecular flexibility index (Phi) is 9.46. The van der Waals surface area contributed by atoms with Crippen molar-refractivity contribution in [2.45, 2.75) is 0 Å². The molecule has 0 fully saturated rings. The van der Waals surface area contributed by atoms with E-state index in [1.807, 2.05) is 6.79 Å². The topological polar surface area (TPSA) is 168 Å². The molecule has 0 saturated carbocycles. The van der Waals surface area contributed by atoms with Crippen LogP contribution < -0.4 is 17.2 Å². The van der Waals surface area contributed by atoms with Gasteiger partial charge in [0.15, 0.2) is 12.6 Å². The zero-order valence-electron chi connectivity index (χ0n) is 7.66. The Morgan fingerprint density at radius 3 is 1.13 bits per heavy atom. The lowest BCUT2D eigenvalue weighted by Crippen LogP contribution is -2.05. The van der Waals surface area contributed by atoms with Gasteiger partial charge in [-0.15, -0.1) is 0 Å². The van der Waals surface area contributed by atoms with E-state index in [1.54, 1.807) is 0 Å². The molecule has 1 aromatic rings. The van der Waals surface area contributed by atoms with E-state index in [2.05, 4.69) is 15.0 Å². The first-order valence-corrected chi connectivity index (χ1v) is 3.30. The van der Waals surface area contributed by atoms with Crippen LogP contribution in [0.5, 0.6) is 0 Å². The van der Waals surface area contributed by atoms with Crippen LogP contribution in [0, 0.1) is 0 Å². The molecule has 1 heterocycles. The van der Waals surface area contributed by atoms with Gasteiger partial charge in [0.2, 0.25) is 17.8 Å². The zero-order valence-corrected chi connectivity index (χ0v) is 7.66. The third-order valence-electron chi connectivity index (χ3n) is 0.743. The molecular formula is C6H10N6O3. The van der Waals surface area contributed by atoms with E-state index in [-0.39, 0.29) is 30.4 Å². The molecule has 0 atom stereocenters. The molecule has 0 saturated heterocycles. The number of aromatic nitrogens is 3. The van der Waals surface area contributed by atoms with Crippen molar-refractivity contribution in [2.75, 3.05) is 17.2 Å². The number of nitrogens with two attached hydrogens (primary N) is 3. The van der Waals surface area contributed by atoms with Gasteiger partial charge in [-0.05, 0) is 0 Å². The average Bonchev–Trinajstić information content (AvgIpc) is 2.19. The van der Waals surface area contributed by atoms with Crippen molar-refractivity contribution in [2.24, 2.45) is 0 Å². The summed E-state index contributed by atoms with van der Waals surface area (Å²) in [5.74, 6) is 0.125. The summed E-state index contributed by atoms with van der Waals surface area (Å²) in [5, 5.41) is 0. The Bertz CT molecular complexity index is 261. The molecular weight excluding hydrogens is 204 g/mol. The Labute approximate surface area is 84.7 Å². The van der Waals surface area contributed by atoms with Crippen molar-refractivity contribution in [1.29, 1.82) is 0 Å². The quantitative estimate of drug-likeness (QED) is 0.347. The molecule has 6 N–H and O–H groups in total. The number of nitrogen functional groups attached to an aromatic ring is 3. The second-order valence-electron chi connectivity index (χ2n) is 1.68. The van der Waals surface area contributed by atoms with Crippen LogP contribution in [0.15, 0.2) is 0 Å². The summed E-state index contributed by atoms with van der Waals surface area (Å²) < 4.78 is 0. The smallest absolute Gasteiger partial charge is 0.226 e. The highest BCUT2D eigenvalue weighted by atomic mass is 16.2. The molecule has 0 aromatic carbocycles. The van der Waals surface area contributed by atoms with E-state index < -0.39 is 0 Å². The van der Waals surface area contributed by atoms with Gasteiger partial charge in [-0.3, -0.25) is 9.59 Å². The van der Waals surface area contributed by atoms with Gasteiger partial charge in [-0.1, -0.05) is 0 Å². The first-order valence-electron chi connectivity index (χ1n) is 3.30. The highest BCUT2D eigenvalue weighted by molar-refractivity contribution is 6.09. The average molecular weight is 214 g/mol. The van der Waals surface area contributed by atoms with E-state index in [0.717, 1.165) is 0 Å².